The molecule has 0 aliphatic carbocycles. The van der Waals surface area contributed by atoms with E-state index in [1.54, 1.807) is 37.3 Å². The fraction of sp³-hybridized carbons (Fsp3) is 0.212. The van der Waals surface area contributed by atoms with Gasteiger partial charge in [-0.1, -0.05) is 83.9 Å². The minimum absolute atomic E-state index is 0.0175. The summed E-state index contributed by atoms with van der Waals surface area (Å²) in [6.45, 7) is 2.99. The van der Waals surface area contributed by atoms with Crippen molar-refractivity contribution in [1.82, 2.24) is 10.2 Å². The molecule has 1 atom stereocenters. The summed E-state index contributed by atoms with van der Waals surface area (Å²) in [6.07, 6.45) is 0.134. The third-order valence-electron chi connectivity index (χ3n) is 6.90. The van der Waals surface area contributed by atoms with E-state index in [1.165, 1.54) is 47.4 Å². The Kier molecular flexibility index (Phi) is 10.6. The van der Waals surface area contributed by atoms with Gasteiger partial charge in [-0.2, -0.15) is 0 Å². The first kappa shape index (κ1) is 31.7. The number of hydrogen-bond donors (Lipinski definition) is 1. The maximum Gasteiger partial charge on any atom is 0.264 e. The second kappa shape index (κ2) is 14.3. The van der Waals surface area contributed by atoms with Crippen LogP contribution in [0.25, 0.3) is 0 Å². The molecule has 0 aliphatic rings. The van der Waals surface area contributed by atoms with E-state index in [-0.39, 0.29) is 34.1 Å². The standard InChI is InChI=1S/C33H33ClFN3O4S/c1-3-36-33(40)31(20-25-10-5-4-6-11-25)37(22-26-12-7-8-15-30(26)35)32(39)23-38(28-14-9-13-27(34)21-28)43(41,42)29-18-16-24(2)17-19-29/h4-19,21,31H,3,20,22-23H2,1-2H3,(H,36,40). The molecule has 0 bridgehead atoms. The molecule has 43 heavy (non-hydrogen) atoms. The molecule has 4 rings (SSSR count). The summed E-state index contributed by atoms with van der Waals surface area (Å²) in [6, 6.07) is 26.5. The van der Waals surface area contributed by atoms with E-state index in [9.17, 15) is 22.4 Å². The van der Waals surface area contributed by atoms with Crippen molar-refractivity contribution >= 4 is 39.1 Å². The van der Waals surface area contributed by atoms with Gasteiger partial charge in [-0.3, -0.25) is 13.9 Å². The molecule has 0 saturated carbocycles. The van der Waals surface area contributed by atoms with Crippen molar-refractivity contribution < 1.29 is 22.4 Å². The monoisotopic (exact) mass is 621 g/mol. The molecule has 0 heterocycles. The summed E-state index contributed by atoms with van der Waals surface area (Å²) in [5.41, 5.74) is 2.01. The molecule has 1 unspecified atom stereocenters. The number of anilines is 1. The summed E-state index contributed by atoms with van der Waals surface area (Å²) in [7, 11) is -4.26. The molecule has 0 aliphatic heterocycles. The Hall–Kier alpha value is -4.21. The number of carbonyl (C=O) groups excluding carboxylic acids is 2. The molecule has 4 aromatic rings. The summed E-state index contributed by atoms with van der Waals surface area (Å²) < 4.78 is 43.9. The number of carbonyl (C=O) groups is 2. The maximum atomic E-state index is 14.9. The first-order valence-corrected chi connectivity index (χ1v) is 15.6. The lowest BCUT2D eigenvalue weighted by Gasteiger charge is -2.34. The fourth-order valence-corrected chi connectivity index (χ4v) is 6.24. The molecule has 0 aromatic heterocycles. The molecule has 4 aromatic carbocycles. The number of nitrogens with zero attached hydrogens (tertiary/aromatic N) is 2. The molecule has 0 fully saturated rings. The molecular weight excluding hydrogens is 589 g/mol. The van der Waals surface area contributed by atoms with E-state index in [1.807, 2.05) is 37.3 Å². The lowest BCUT2D eigenvalue weighted by Crippen LogP contribution is -2.53. The van der Waals surface area contributed by atoms with E-state index in [2.05, 4.69) is 5.32 Å². The first-order valence-electron chi connectivity index (χ1n) is 13.8. The number of benzene rings is 4. The van der Waals surface area contributed by atoms with E-state index in [0.29, 0.717) is 6.54 Å². The van der Waals surface area contributed by atoms with Crippen molar-refractivity contribution in [3.63, 3.8) is 0 Å². The smallest absolute Gasteiger partial charge is 0.264 e. The second-order valence-electron chi connectivity index (χ2n) is 10.0. The predicted octanol–water partition coefficient (Wildman–Crippen LogP) is 5.76. The minimum Gasteiger partial charge on any atom is -0.355 e. The quantitative estimate of drug-likeness (QED) is 0.218. The van der Waals surface area contributed by atoms with Crippen LogP contribution in [0.4, 0.5) is 10.1 Å². The van der Waals surface area contributed by atoms with Gasteiger partial charge in [-0.05, 0) is 55.8 Å². The zero-order valence-corrected chi connectivity index (χ0v) is 25.5. The van der Waals surface area contributed by atoms with Crippen molar-refractivity contribution in [2.75, 3.05) is 17.4 Å². The summed E-state index contributed by atoms with van der Waals surface area (Å²) in [4.78, 5) is 29.0. The van der Waals surface area contributed by atoms with Crippen LogP contribution in [0.1, 0.15) is 23.6 Å². The third kappa shape index (κ3) is 8.00. The maximum absolute atomic E-state index is 14.9. The first-order chi connectivity index (χ1) is 20.6. The van der Waals surface area contributed by atoms with Crippen LogP contribution in [0.3, 0.4) is 0 Å². The Morgan fingerprint density at radius 1 is 0.907 bits per heavy atom. The van der Waals surface area contributed by atoms with Gasteiger partial charge in [0, 0.05) is 30.1 Å². The van der Waals surface area contributed by atoms with Gasteiger partial charge in [0.2, 0.25) is 11.8 Å². The van der Waals surface area contributed by atoms with Crippen molar-refractivity contribution in [3.05, 3.63) is 131 Å². The van der Waals surface area contributed by atoms with Crippen LogP contribution in [0, 0.1) is 12.7 Å². The lowest BCUT2D eigenvalue weighted by atomic mass is 10.0. The van der Waals surface area contributed by atoms with Gasteiger partial charge in [0.1, 0.15) is 18.4 Å². The average molecular weight is 622 g/mol. The largest absolute Gasteiger partial charge is 0.355 e. The summed E-state index contributed by atoms with van der Waals surface area (Å²) in [5.74, 6) is -1.67. The summed E-state index contributed by atoms with van der Waals surface area (Å²) >= 11 is 6.24. The number of nitrogens with one attached hydrogen (secondary N) is 1. The molecule has 2 amide bonds. The zero-order chi connectivity index (χ0) is 31.0. The number of likely N-dealkylation sites (N-methyl/N-ethyl adjacent to an activating group) is 1. The fourth-order valence-electron chi connectivity index (χ4n) is 4.65. The second-order valence-corrected chi connectivity index (χ2v) is 12.3. The highest BCUT2D eigenvalue weighted by Gasteiger charge is 2.35. The van der Waals surface area contributed by atoms with E-state index in [0.717, 1.165) is 15.4 Å². The highest BCUT2D eigenvalue weighted by atomic mass is 35.5. The highest BCUT2D eigenvalue weighted by Crippen LogP contribution is 2.27. The van der Waals surface area contributed by atoms with Crippen LogP contribution in [0.15, 0.2) is 108 Å². The molecular formula is C33H33ClFN3O4S. The Balaban J connectivity index is 1.80. The number of hydrogen-bond acceptors (Lipinski definition) is 4. The van der Waals surface area contributed by atoms with Crippen molar-refractivity contribution in [2.45, 2.75) is 37.8 Å². The van der Waals surface area contributed by atoms with E-state index < -0.39 is 40.2 Å². The topological polar surface area (TPSA) is 86.8 Å². The minimum atomic E-state index is -4.26. The SMILES string of the molecule is CCNC(=O)C(Cc1ccccc1)N(Cc1ccccc1F)C(=O)CN(c1cccc(Cl)c1)S(=O)(=O)c1ccc(C)cc1. The van der Waals surface area contributed by atoms with Gasteiger partial charge < -0.3 is 10.2 Å². The molecule has 0 radical (unpaired) electrons. The van der Waals surface area contributed by atoms with Gasteiger partial charge in [0.15, 0.2) is 0 Å². The molecule has 0 spiro atoms. The number of halogens is 2. The zero-order valence-electron chi connectivity index (χ0n) is 23.9. The molecule has 7 nitrogen and oxygen atoms in total. The van der Waals surface area contributed by atoms with Crippen LogP contribution in [-0.2, 0) is 32.6 Å². The average Bonchev–Trinajstić information content (AvgIpc) is 2.99. The van der Waals surface area contributed by atoms with Gasteiger partial charge in [0.25, 0.3) is 10.0 Å². The molecule has 10 heteroatoms. The Labute approximate surface area is 257 Å². The third-order valence-corrected chi connectivity index (χ3v) is 8.93. The number of aryl methyl sites for hydroxylation is 1. The number of sulfonamides is 1. The summed E-state index contributed by atoms with van der Waals surface area (Å²) in [5, 5.41) is 3.06. The van der Waals surface area contributed by atoms with E-state index in [4.69, 9.17) is 11.6 Å². The molecule has 0 saturated heterocycles. The predicted molar refractivity (Wildman–Crippen MR) is 167 cm³/mol. The molecule has 224 valence electrons. The number of rotatable bonds is 12. The highest BCUT2D eigenvalue weighted by molar-refractivity contribution is 7.92. The Morgan fingerprint density at radius 3 is 2.23 bits per heavy atom. The Bertz CT molecular complexity index is 1670. The van der Waals surface area contributed by atoms with Crippen molar-refractivity contribution in [1.29, 1.82) is 0 Å². The van der Waals surface area contributed by atoms with Gasteiger partial charge in [0.05, 0.1) is 10.6 Å². The number of amides is 2. The van der Waals surface area contributed by atoms with Crippen LogP contribution in [0.2, 0.25) is 5.02 Å². The van der Waals surface area contributed by atoms with Crippen LogP contribution in [-0.4, -0.2) is 44.3 Å². The van der Waals surface area contributed by atoms with E-state index >= 15 is 0 Å². The molecule has 1 N–H and O–H groups in total. The van der Waals surface area contributed by atoms with Gasteiger partial charge in [-0.25, -0.2) is 12.8 Å². The van der Waals surface area contributed by atoms with Crippen LogP contribution in [0.5, 0.6) is 0 Å². The van der Waals surface area contributed by atoms with Crippen molar-refractivity contribution in [3.8, 4) is 0 Å². The van der Waals surface area contributed by atoms with Gasteiger partial charge in [-0.15, -0.1) is 0 Å². The van der Waals surface area contributed by atoms with Gasteiger partial charge >= 0.3 is 0 Å². The Morgan fingerprint density at radius 2 is 1.58 bits per heavy atom. The van der Waals surface area contributed by atoms with Crippen LogP contribution < -0.4 is 9.62 Å². The lowest BCUT2D eigenvalue weighted by molar-refractivity contribution is -0.140. The van der Waals surface area contributed by atoms with Crippen LogP contribution >= 0.6 is 11.6 Å². The normalized spacial score (nSPS) is 11.9. The van der Waals surface area contributed by atoms with Crippen molar-refractivity contribution in [2.24, 2.45) is 0 Å².